The summed E-state index contributed by atoms with van der Waals surface area (Å²) in [5.41, 5.74) is 0. The largest absolute Gasteiger partial charge is 0.390 e. The van der Waals surface area contributed by atoms with E-state index in [9.17, 15) is 8.78 Å². The van der Waals surface area contributed by atoms with Crippen molar-refractivity contribution in [2.45, 2.75) is 5.92 Å². The van der Waals surface area contributed by atoms with Crippen molar-refractivity contribution in [2.75, 3.05) is 20.3 Å². The molecule has 8 heavy (non-hydrogen) atoms. The molecule has 0 amide bonds. The third-order valence-electron chi connectivity index (χ3n) is 0.587. The van der Waals surface area contributed by atoms with E-state index in [4.69, 9.17) is 5.11 Å². The molecular weight excluding hydrogens is 118 g/mol. The van der Waals surface area contributed by atoms with Crippen LogP contribution in [0.1, 0.15) is 0 Å². The van der Waals surface area contributed by atoms with Gasteiger partial charge in [-0.2, -0.15) is 0 Å². The molecule has 0 aliphatic carbocycles. The van der Waals surface area contributed by atoms with Crippen molar-refractivity contribution in [1.29, 1.82) is 0 Å². The number of hydrogen-bond acceptors (Lipinski definition) is 2. The number of halogens is 2. The van der Waals surface area contributed by atoms with Crippen LogP contribution in [0.2, 0.25) is 0 Å². The Hall–Kier alpha value is -0.220. The van der Waals surface area contributed by atoms with Gasteiger partial charge in [0.05, 0.1) is 0 Å². The third-order valence-corrected chi connectivity index (χ3v) is 0.587. The van der Waals surface area contributed by atoms with Crippen molar-refractivity contribution in [3.63, 3.8) is 0 Å². The van der Waals surface area contributed by atoms with Gasteiger partial charge < -0.3 is 9.84 Å². The number of alkyl halides is 2. The Bertz CT molecular complexity index is 65.1. The molecule has 2 nitrogen and oxygen atoms in total. The van der Waals surface area contributed by atoms with Crippen molar-refractivity contribution in [3.05, 3.63) is 0 Å². The predicted octanol–water partition coefficient (Wildman–Crippen LogP) is 0.260. The fraction of sp³-hybridized carbons (Fsp3) is 1.00. The highest BCUT2D eigenvalue weighted by Gasteiger charge is 2.26. The van der Waals surface area contributed by atoms with E-state index >= 15 is 0 Å². The van der Waals surface area contributed by atoms with Crippen molar-refractivity contribution < 1.29 is 18.6 Å². The Balaban J connectivity index is 3.37. The summed E-state index contributed by atoms with van der Waals surface area (Å²) in [5.74, 6) is -3.07. The van der Waals surface area contributed by atoms with Gasteiger partial charge in [0.25, 0.3) is 5.92 Å². The summed E-state index contributed by atoms with van der Waals surface area (Å²) in [4.78, 5) is 0. The van der Waals surface area contributed by atoms with Gasteiger partial charge in [0, 0.05) is 7.11 Å². The van der Waals surface area contributed by atoms with E-state index in [1.807, 2.05) is 0 Å². The molecule has 0 saturated heterocycles. The first-order valence-corrected chi connectivity index (χ1v) is 2.10. The first-order valence-electron chi connectivity index (χ1n) is 2.10. The van der Waals surface area contributed by atoms with E-state index in [1.165, 1.54) is 0 Å². The van der Waals surface area contributed by atoms with Gasteiger partial charge in [0.15, 0.2) is 0 Å². The Kier molecular flexibility index (Phi) is 2.86. The zero-order valence-electron chi connectivity index (χ0n) is 4.53. The van der Waals surface area contributed by atoms with Gasteiger partial charge in [-0.15, -0.1) is 0 Å². The van der Waals surface area contributed by atoms with Gasteiger partial charge in [-0.05, 0) is 0 Å². The molecule has 50 valence electrons. The van der Waals surface area contributed by atoms with Crippen molar-refractivity contribution in [3.8, 4) is 0 Å². The summed E-state index contributed by atoms with van der Waals surface area (Å²) in [6.45, 7) is -1.87. The fourth-order valence-electron chi connectivity index (χ4n) is 0.257. The standard InChI is InChI=1S/C4H8F2O2/c1-8-3-4(5,6)2-7/h7H,2-3H2,1H3. The third kappa shape index (κ3) is 2.87. The SMILES string of the molecule is COCC(F)(F)CO. The minimum absolute atomic E-state index is 0.719. The maximum Gasteiger partial charge on any atom is 0.293 e. The van der Waals surface area contributed by atoms with Crippen LogP contribution in [-0.4, -0.2) is 31.4 Å². The van der Waals surface area contributed by atoms with Gasteiger partial charge >= 0.3 is 0 Å². The molecule has 0 aromatic carbocycles. The van der Waals surface area contributed by atoms with Crippen LogP contribution in [0.15, 0.2) is 0 Å². The van der Waals surface area contributed by atoms with E-state index in [2.05, 4.69) is 4.74 Å². The molecule has 0 aliphatic rings. The van der Waals surface area contributed by atoms with E-state index in [1.54, 1.807) is 0 Å². The summed E-state index contributed by atoms with van der Waals surface area (Å²) in [7, 11) is 1.16. The molecule has 0 bridgehead atoms. The second kappa shape index (κ2) is 2.94. The smallest absolute Gasteiger partial charge is 0.293 e. The first kappa shape index (κ1) is 7.78. The van der Waals surface area contributed by atoms with E-state index in [-0.39, 0.29) is 0 Å². The van der Waals surface area contributed by atoms with Crippen LogP contribution in [-0.2, 0) is 4.74 Å². The number of hydrogen-bond donors (Lipinski definition) is 1. The Morgan fingerprint density at radius 1 is 1.62 bits per heavy atom. The number of aliphatic hydroxyl groups excluding tert-OH is 1. The molecule has 0 saturated carbocycles. The second-order valence-corrected chi connectivity index (χ2v) is 1.45. The summed E-state index contributed by atoms with van der Waals surface area (Å²) in [6, 6.07) is 0. The molecule has 0 atom stereocenters. The van der Waals surface area contributed by atoms with Crippen LogP contribution in [0, 0.1) is 0 Å². The molecule has 4 heteroatoms. The zero-order valence-corrected chi connectivity index (χ0v) is 4.53. The molecule has 0 aromatic heterocycles. The quantitative estimate of drug-likeness (QED) is 0.587. The average molecular weight is 126 g/mol. The molecule has 0 unspecified atom stereocenters. The lowest BCUT2D eigenvalue weighted by atomic mass is 10.4. The Morgan fingerprint density at radius 2 is 2.12 bits per heavy atom. The van der Waals surface area contributed by atoms with Crippen LogP contribution in [0.25, 0.3) is 0 Å². The van der Waals surface area contributed by atoms with Gasteiger partial charge in [-0.25, -0.2) is 8.78 Å². The van der Waals surface area contributed by atoms with Gasteiger partial charge in [0.1, 0.15) is 13.2 Å². The van der Waals surface area contributed by atoms with Crippen LogP contribution in [0.3, 0.4) is 0 Å². The lowest BCUT2D eigenvalue weighted by Gasteiger charge is -2.09. The van der Waals surface area contributed by atoms with Crippen molar-refractivity contribution >= 4 is 0 Å². The highest BCUT2D eigenvalue weighted by Crippen LogP contribution is 2.10. The molecule has 0 radical (unpaired) electrons. The van der Waals surface area contributed by atoms with E-state index < -0.39 is 19.1 Å². The molecular formula is C4H8F2O2. The monoisotopic (exact) mass is 126 g/mol. The normalized spacial score (nSPS) is 12.0. The number of methoxy groups -OCH3 is 1. The molecule has 0 aliphatic heterocycles. The Morgan fingerprint density at radius 3 is 2.25 bits per heavy atom. The van der Waals surface area contributed by atoms with E-state index in [0.29, 0.717) is 0 Å². The van der Waals surface area contributed by atoms with Gasteiger partial charge in [-0.3, -0.25) is 0 Å². The lowest BCUT2D eigenvalue weighted by Crippen LogP contribution is -2.27. The molecule has 1 N–H and O–H groups in total. The van der Waals surface area contributed by atoms with Crippen LogP contribution >= 0.6 is 0 Å². The zero-order chi connectivity index (χ0) is 6.62. The minimum Gasteiger partial charge on any atom is -0.390 e. The number of aliphatic hydroxyl groups is 1. The maximum atomic E-state index is 11.8. The summed E-state index contributed by atoms with van der Waals surface area (Å²) < 4.78 is 27.6. The second-order valence-electron chi connectivity index (χ2n) is 1.45. The molecule has 0 heterocycles. The molecule has 0 rings (SSSR count). The first-order chi connectivity index (χ1) is 3.62. The van der Waals surface area contributed by atoms with Crippen LogP contribution in [0.4, 0.5) is 8.78 Å². The molecule has 0 spiro atoms. The van der Waals surface area contributed by atoms with Crippen molar-refractivity contribution in [1.82, 2.24) is 0 Å². The minimum atomic E-state index is -3.07. The lowest BCUT2D eigenvalue weighted by molar-refractivity contribution is -0.0974. The van der Waals surface area contributed by atoms with Gasteiger partial charge in [-0.1, -0.05) is 0 Å². The van der Waals surface area contributed by atoms with E-state index in [0.717, 1.165) is 7.11 Å². The van der Waals surface area contributed by atoms with Crippen molar-refractivity contribution in [2.24, 2.45) is 0 Å². The number of rotatable bonds is 3. The number of ether oxygens (including phenoxy) is 1. The summed E-state index contributed by atoms with van der Waals surface area (Å²) in [5, 5.41) is 7.90. The molecule has 0 fully saturated rings. The highest BCUT2D eigenvalue weighted by molar-refractivity contribution is 4.60. The maximum absolute atomic E-state index is 11.8. The van der Waals surface area contributed by atoms with Crippen LogP contribution < -0.4 is 0 Å². The average Bonchev–Trinajstić information content (AvgIpc) is 1.67. The fourth-order valence-corrected chi connectivity index (χ4v) is 0.257. The predicted molar refractivity (Wildman–Crippen MR) is 23.9 cm³/mol. The molecule has 0 aromatic rings. The summed E-state index contributed by atoms with van der Waals surface area (Å²) >= 11 is 0. The van der Waals surface area contributed by atoms with Crippen LogP contribution in [0.5, 0.6) is 0 Å². The topological polar surface area (TPSA) is 29.5 Å². The van der Waals surface area contributed by atoms with Gasteiger partial charge in [0.2, 0.25) is 0 Å². The summed E-state index contributed by atoms with van der Waals surface area (Å²) in [6.07, 6.45) is 0. The highest BCUT2D eigenvalue weighted by atomic mass is 19.3. The Labute approximate surface area is 46.1 Å².